The van der Waals surface area contributed by atoms with Gasteiger partial charge in [-0.1, -0.05) is 23.4 Å². The van der Waals surface area contributed by atoms with Crippen LogP contribution in [0.1, 0.15) is 23.0 Å². The number of carbonyl (C=O) groups is 1. The van der Waals surface area contributed by atoms with Gasteiger partial charge in [0.15, 0.2) is 11.5 Å². The minimum Gasteiger partial charge on any atom is -0.507 e. The first-order valence-corrected chi connectivity index (χ1v) is 9.40. The van der Waals surface area contributed by atoms with Crippen LogP contribution in [-0.4, -0.2) is 36.2 Å². The van der Waals surface area contributed by atoms with Crippen molar-refractivity contribution in [1.82, 2.24) is 10.5 Å². The largest absolute Gasteiger partial charge is 0.507 e. The number of phenolic OH excluding ortho intramolecular Hbond substituents is 1. The van der Waals surface area contributed by atoms with E-state index in [4.69, 9.17) is 9.26 Å². The van der Waals surface area contributed by atoms with Crippen molar-refractivity contribution in [3.63, 3.8) is 0 Å². The standard InChI is InChI=1S/C20H20N2O4.CH3Cl/c1-4-21-20(24)18-17(13-6-8-14(25-3)9-7-13)19(26-22-18)15-10-5-12(2)11-16(15)23;1-2/h5-11,23H,4H2,1-3H3,(H,21,24);1H3. The van der Waals surface area contributed by atoms with Gasteiger partial charge in [-0.05, 0) is 49.2 Å². The van der Waals surface area contributed by atoms with Gasteiger partial charge in [-0.3, -0.25) is 4.79 Å². The number of hydrogen-bond donors (Lipinski definition) is 2. The van der Waals surface area contributed by atoms with Crippen molar-refractivity contribution < 1.29 is 19.2 Å². The van der Waals surface area contributed by atoms with Crippen LogP contribution in [0.25, 0.3) is 22.5 Å². The second-order valence-electron chi connectivity index (χ2n) is 5.84. The quantitative estimate of drug-likeness (QED) is 0.607. The summed E-state index contributed by atoms with van der Waals surface area (Å²) < 4.78 is 10.7. The molecule has 7 heteroatoms. The van der Waals surface area contributed by atoms with E-state index in [1.807, 2.05) is 32.0 Å². The Balaban J connectivity index is 0.00000136. The first-order chi connectivity index (χ1) is 13.5. The van der Waals surface area contributed by atoms with E-state index < -0.39 is 0 Å². The molecule has 0 unspecified atom stereocenters. The smallest absolute Gasteiger partial charge is 0.274 e. The topological polar surface area (TPSA) is 84.6 Å². The highest BCUT2D eigenvalue weighted by Gasteiger charge is 2.25. The maximum absolute atomic E-state index is 12.4. The zero-order valence-electron chi connectivity index (χ0n) is 16.2. The molecule has 3 rings (SSSR count). The van der Waals surface area contributed by atoms with Gasteiger partial charge in [-0.2, -0.15) is 0 Å². The molecule has 2 aromatic carbocycles. The van der Waals surface area contributed by atoms with Crippen LogP contribution in [0.15, 0.2) is 47.0 Å². The van der Waals surface area contributed by atoms with Gasteiger partial charge in [-0.25, -0.2) is 0 Å². The van der Waals surface area contributed by atoms with Crippen molar-refractivity contribution >= 4 is 17.5 Å². The number of carbonyl (C=O) groups excluding carboxylic acids is 1. The van der Waals surface area contributed by atoms with Gasteiger partial charge in [0.05, 0.1) is 18.2 Å². The Labute approximate surface area is 169 Å². The Bertz CT molecular complexity index is 936. The molecule has 0 fully saturated rings. The number of rotatable bonds is 5. The average molecular weight is 403 g/mol. The summed E-state index contributed by atoms with van der Waals surface area (Å²) in [6.07, 6.45) is 1.47. The minimum atomic E-state index is -0.333. The molecule has 0 aliphatic carbocycles. The minimum absolute atomic E-state index is 0.0679. The molecule has 0 aliphatic rings. The number of hydrogen-bond acceptors (Lipinski definition) is 5. The number of nitrogens with one attached hydrogen (secondary N) is 1. The predicted molar refractivity (Wildman–Crippen MR) is 110 cm³/mol. The van der Waals surface area contributed by atoms with Gasteiger partial charge >= 0.3 is 0 Å². The average Bonchev–Trinajstić information content (AvgIpc) is 3.14. The fourth-order valence-electron chi connectivity index (χ4n) is 2.73. The molecular weight excluding hydrogens is 380 g/mol. The lowest BCUT2D eigenvalue weighted by atomic mass is 9.98. The van der Waals surface area contributed by atoms with Crippen LogP contribution in [0.3, 0.4) is 0 Å². The van der Waals surface area contributed by atoms with Gasteiger partial charge in [-0.15, -0.1) is 11.6 Å². The number of aryl methyl sites for hydroxylation is 1. The molecule has 0 radical (unpaired) electrons. The zero-order valence-corrected chi connectivity index (χ0v) is 17.0. The number of ether oxygens (including phenoxy) is 1. The van der Waals surface area contributed by atoms with E-state index in [0.717, 1.165) is 11.1 Å². The number of benzene rings is 2. The second kappa shape index (κ2) is 9.80. The summed E-state index contributed by atoms with van der Waals surface area (Å²) in [4.78, 5) is 12.4. The molecular formula is C21H23ClN2O4. The molecule has 28 heavy (non-hydrogen) atoms. The molecule has 2 N–H and O–H groups in total. The Morgan fingerprint density at radius 1 is 1.21 bits per heavy atom. The van der Waals surface area contributed by atoms with Crippen molar-refractivity contribution in [2.24, 2.45) is 0 Å². The highest BCUT2D eigenvalue weighted by atomic mass is 35.5. The number of aromatic hydroxyl groups is 1. The van der Waals surface area contributed by atoms with Crippen molar-refractivity contribution in [3.8, 4) is 33.9 Å². The third-order valence-corrected chi connectivity index (χ3v) is 4.02. The second-order valence-corrected chi connectivity index (χ2v) is 5.84. The van der Waals surface area contributed by atoms with Crippen LogP contribution in [-0.2, 0) is 0 Å². The number of alkyl halides is 1. The van der Waals surface area contributed by atoms with Gasteiger partial charge in [0.1, 0.15) is 11.5 Å². The highest BCUT2D eigenvalue weighted by molar-refractivity contribution is 6.15. The number of halogens is 1. The Hall–Kier alpha value is -2.99. The van der Waals surface area contributed by atoms with E-state index in [2.05, 4.69) is 22.1 Å². The molecule has 0 atom stereocenters. The van der Waals surface area contributed by atoms with Crippen molar-refractivity contribution in [3.05, 3.63) is 53.7 Å². The summed E-state index contributed by atoms with van der Waals surface area (Å²) in [6, 6.07) is 12.5. The van der Waals surface area contributed by atoms with Crippen molar-refractivity contribution in [2.45, 2.75) is 13.8 Å². The SMILES string of the molecule is CCNC(=O)c1noc(-c2ccc(C)cc2O)c1-c1ccc(OC)cc1.CCl. The first-order valence-electron chi connectivity index (χ1n) is 8.65. The van der Waals surface area contributed by atoms with Crippen LogP contribution in [0.5, 0.6) is 11.5 Å². The Morgan fingerprint density at radius 2 is 1.89 bits per heavy atom. The van der Waals surface area contributed by atoms with Crippen LogP contribution in [0.4, 0.5) is 0 Å². The number of phenols is 1. The fourth-order valence-corrected chi connectivity index (χ4v) is 2.73. The number of methoxy groups -OCH3 is 1. The Kier molecular flexibility index (Phi) is 7.46. The van der Waals surface area contributed by atoms with Crippen LogP contribution in [0, 0.1) is 6.92 Å². The van der Waals surface area contributed by atoms with E-state index in [9.17, 15) is 9.90 Å². The maximum Gasteiger partial charge on any atom is 0.274 e. The summed E-state index contributed by atoms with van der Waals surface area (Å²) in [5.41, 5.74) is 2.83. The van der Waals surface area contributed by atoms with Gasteiger partial charge < -0.3 is 19.7 Å². The summed E-state index contributed by atoms with van der Waals surface area (Å²) in [5.74, 6) is 0.775. The molecule has 0 saturated heterocycles. The molecule has 148 valence electrons. The van der Waals surface area contributed by atoms with E-state index in [1.54, 1.807) is 31.4 Å². The molecule has 1 amide bonds. The lowest BCUT2D eigenvalue weighted by molar-refractivity contribution is 0.0947. The van der Waals surface area contributed by atoms with Crippen molar-refractivity contribution in [1.29, 1.82) is 0 Å². The lowest BCUT2D eigenvalue weighted by Gasteiger charge is -2.08. The summed E-state index contributed by atoms with van der Waals surface area (Å²) >= 11 is 4.64. The predicted octanol–water partition coefficient (Wildman–Crippen LogP) is 4.64. The van der Waals surface area contributed by atoms with E-state index >= 15 is 0 Å². The molecule has 1 aromatic heterocycles. The number of nitrogens with zero attached hydrogens (tertiary/aromatic N) is 1. The third-order valence-electron chi connectivity index (χ3n) is 4.02. The van der Waals surface area contributed by atoms with Crippen molar-refractivity contribution in [2.75, 3.05) is 20.0 Å². The van der Waals surface area contributed by atoms with Gasteiger partial charge in [0.2, 0.25) is 0 Å². The highest BCUT2D eigenvalue weighted by Crippen LogP contribution is 2.39. The molecule has 1 heterocycles. The maximum atomic E-state index is 12.4. The van der Waals surface area contributed by atoms with Crippen LogP contribution < -0.4 is 10.1 Å². The molecule has 0 spiro atoms. The first kappa shape index (κ1) is 21.3. The molecule has 0 bridgehead atoms. The fraction of sp³-hybridized carbons (Fsp3) is 0.238. The van der Waals surface area contributed by atoms with E-state index in [-0.39, 0.29) is 17.4 Å². The normalized spacial score (nSPS) is 10.0. The molecule has 3 aromatic rings. The molecule has 0 saturated carbocycles. The monoisotopic (exact) mass is 402 g/mol. The van der Waals surface area contributed by atoms with E-state index in [1.165, 1.54) is 6.38 Å². The molecule has 0 aliphatic heterocycles. The Morgan fingerprint density at radius 3 is 2.46 bits per heavy atom. The molecule has 6 nitrogen and oxygen atoms in total. The van der Waals surface area contributed by atoms with Gasteiger partial charge in [0, 0.05) is 12.9 Å². The summed E-state index contributed by atoms with van der Waals surface area (Å²) in [5, 5.41) is 17.0. The number of aromatic nitrogens is 1. The number of amides is 1. The van der Waals surface area contributed by atoms with Crippen LogP contribution in [0.2, 0.25) is 0 Å². The summed E-state index contributed by atoms with van der Waals surface area (Å²) in [7, 11) is 1.59. The van der Waals surface area contributed by atoms with Crippen LogP contribution >= 0.6 is 11.6 Å². The lowest BCUT2D eigenvalue weighted by Crippen LogP contribution is -2.23. The summed E-state index contributed by atoms with van der Waals surface area (Å²) in [6.45, 7) is 4.19. The van der Waals surface area contributed by atoms with Gasteiger partial charge in [0.25, 0.3) is 5.91 Å². The zero-order chi connectivity index (χ0) is 20.7. The van der Waals surface area contributed by atoms with E-state index in [0.29, 0.717) is 29.2 Å². The third kappa shape index (κ3) is 4.46.